The lowest BCUT2D eigenvalue weighted by Gasteiger charge is -2.20. The van der Waals surface area contributed by atoms with E-state index in [0.717, 1.165) is 31.1 Å². The van der Waals surface area contributed by atoms with Crippen LogP contribution < -0.4 is 5.73 Å². The van der Waals surface area contributed by atoms with Gasteiger partial charge in [-0.1, -0.05) is 30.7 Å². The molecule has 0 radical (unpaired) electrons. The lowest BCUT2D eigenvalue weighted by molar-refractivity contribution is 0.308. The minimum atomic E-state index is 0.298. The average molecular weight is 267 g/mol. The molecule has 0 bridgehead atoms. The summed E-state index contributed by atoms with van der Waals surface area (Å²) < 4.78 is 0. The lowest BCUT2D eigenvalue weighted by atomic mass is 10.0. The quantitative estimate of drug-likeness (QED) is 0.908. The van der Waals surface area contributed by atoms with Gasteiger partial charge in [0.25, 0.3) is 0 Å². The summed E-state index contributed by atoms with van der Waals surface area (Å²) in [6.45, 7) is 7.50. The minimum Gasteiger partial charge on any atom is -0.328 e. The highest BCUT2D eigenvalue weighted by molar-refractivity contribution is 6.31. The van der Waals surface area contributed by atoms with Crippen LogP contribution in [0.4, 0.5) is 0 Å². The van der Waals surface area contributed by atoms with E-state index in [1.807, 2.05) is 12.1 Å². The Kier molecular flexibility index (Phi) is 4.66. The van der Waals surface area contributed by atoms with E-state index in [2.05, 4.69) is 24.8 Å². The maximum atomic E-state index is 6.33. The van der Waals surface area contributed by atoms with Crippen molar-refractivity contribution in [2.45, 2.75) is 39.3 Å². The smallest absolute Gasteiger partial charge is 0.0453 e. The van der Waals surface area contributed by atoms with Crippen molar-refractivity contribution in [2.24, 2.45) is 11.7 Å². The Bertz CT molecular complexity index is 403. The zero-order valence-electron chi connectivity index (χ0n) is 11.3. The summed E-state index contributed by atoms with van der Waals surface area (Å²) in [6.07, 6.45) is 2.25. The molecule has 1 aliphatic rings. The molecule has 2 nitrogen and oxygen atoms in total. The first-order valence-electron chi connectivity index (χ1n) is 6.86. The van der Waals surface area contributed by atoms with Gasteiger partial charge in [-0.3, -0.25) is 4.90 Å². The summed E-state index contributed by atoms with van der Waals surface area (Å²) in [7, 11) is 0. The van der Waals surface area contributed by atoms with Gasteiger partial charge in [0.1, 0.15) is 0 Å². The number of nitrogens with zero attached hydrogens (tertiary/aromatic N) is 1. The molecule has 0 aromatic heterocycles. The van der Waals surface area contributed by atoms with Gasteiger partial charge >= 0.3 is 0 Å². The van der Waals surface area contributed by atoms with Crippen LogP contribution in [0.1, 0.15) is 31.4 Å². The standard InChI is InChI=1S/C15H23ClN2/c1-3-12-5-4-6-15(16)14(12)10-18-8-7-13(9-18)11(2)17/h4-6,11,13H,3,7-10,17H2,1-2H3. The fourth-order valence-electron chi connectivity index (χ4n) is 2.77. The third kappa shape index (κ3) is 3.05. The van der Waals surface area contributed by atoms with E-state index in [4.69, 9.17) is 17.3 Å². The maximum absolute atomic E-state index is 6.33. The van der Waals surface area contributed by atoms with Gasteiger partial charge in [-0.05, 0) is 49.4 Å². The van der Waals surface area contributed by atoms with Crippen LogP contribution in [0.15, 0.2) is 18.2 Å². The van der Waals surface area contributed by atoms with Crippen LogP contribution in [-0.2, 0) is 13.0 Å². The summed E-state index contributed by atoms with van der Waals surface area (Å²) in [4.78, 5) is 2.48. The molecule has 2 N–H and O–H groups in total. The predicted octanol–water partition coefficient (Wildman–Crippen LogP) is 3.07. The van der Waals surface area contributed by atoms with Crippen LogP contribution in [0.25, 0.3) is 0 Å². The maximum Gasteiger partial charge on any atom is 0.0453 e. The highest BCUT2D eigenvalue weighted by Crippen LogP contribution is 2.26. The van der Waals surface area contributed by atoms with Crippen molar-refractivity contribution >= 4 is 11.6 Å². The van der Waals surface area contributed by atoms with Crippen molar-refractivity contribution in [3.63, 3.8) is 0 Å². The van der Waals surface area contributed by atoms with E-state index in [0.29, 0.717) is 12.0 Å². The molecular formula is C15H23ClN2. The Balaban J connectivity index is 2.06. The first kappa shape index (κ1) is 13.9. The molecular weight excluding hydrogens is 244 g/mol. The normalized spacial score (nSPS) is 22.3. The molecule has 3 heteroatoms. The topological polar surface area (TPSA) is 29.3 Å². The summed E-state index contributed by atoms with van der Waals surface area (Å²) in [5, 5.41) is 0.901. The summed E-state index contributed by atoms with van der Waals surface area (Å²) in [6, 6.07) is 6.52. The van der Waals surface area contributed by atoms with E-state index in [1.165, 1.54) is 17.5 Å². The van der Waals surface area contributed by atoms with Crippen LogP contribution in [0.2, 0.25) is 5.02 Å². The van der Waals surface area contributed by atoms with Gasteiger partial charge in [0.15, 0.2) is 0 Å². The second kappa shape index (κ2) is 6.05. The number of likely N-dealkylation sites (tertiary alicyclic amines) is 1. The van der Waals surface area contributed by atoms with Gasteiger partial charge in [0.05, 0.1) is 0 Å². The molecule has 100 valence electrons. The minimum absolute atomic E-state index is 0.298. The first-order chi connectivity index (χ1) is 8.61. The zero-order chi connectivity index (χ0) is 13.1. The van der Waals surface area contributed by atoms with Gasteiger partial charge in [-0.15, -0.1) is 0 Å². The largest absolute Gasteiger partial charge is 0.328 e. The Morgan fingerprint density at radius 1 is 1.50 bits per heavy atom. The molecule has 1 saturated heterocycles. The van der Waals surface area contributed by atoms with Crippen LogP contribution >= 0.6 is 11.6 Å². The molecule has 2 atom stereocenters. The number of halogens is 1. The number of aryl methyl sites for hydroxylation is 1. The number of rotatable bonds is 4. The van der Waals surface area contributed by atoms with Crippen LogP contribution in [0.5, 0.6) is 0 Å². The van der Waals surface area contributed by atoms with Crippen LogP contribution in [0, 0.1) is 5.92 Å². The fourth-order valence-corrected chi connectivity index (χ4v) is 3.02. The lowest BCUT2D eigenvalue weighted by Crippen LogP contribution is -2.29. The summed E-state index contributed by atoms with van der Waals surface area (Å²) in [5.41, 5.74) is 8.65. The molecule has 1 fully saturated rings. The monoisotopic (exact) mass is 266 g/mol. The second-order valence-corrected chi connectivity index (χ2v) is 5.78. The van der Waals surface area contributed by atoms with Gasteiger partial charge < -0.3 is 5.73 Å². The highest BCUT2D eigenvalue weighted by atomic mass is 35.5. The molecule has 0 spiro atoms. The van der Waals surface area contributed by atoms with Crippen molar-refractivity contribution in [2.75, 3.05) is 13.1 Å². The van der Waals surface area contributed by atoms with Gasteiger partial charge in [-0.2, -0.15) is 0 Å². The first-order valence-corrected chi connectivity index (χ1v) is 7.23. The third-order valence-electron chi connectivity index (χ3n) is 4.03. The molecule has 1 aromatic rings. The molecule has 2 rings (SSSR count). The van der Waals surface area contributed by atoms with E-state index in [-0.39, 0.29) is 0 Å². The SMILES string of the molecule is CCc1cccc(Cl)c1CN1CCC(C(C)N)C1. The highest BCUT2D eigenvalue weighted by Gasteiger charge is 2.25. The van der Waals surface area contributed by atoms with Crippen molar-refractivity contribution < 1.29 is 0 Å². The molecule has 1 aliphatic heterocycles. The van der Waals surface area contributed by atoms with E-state index in [9.17, 15) is 0 Å². The summed E-state index contributed by atoms with van der Waals surface area (Å²) >= 11 is 6.33. The van der Waals surface area contributed by atoms with Gasteiger partial charge in [0.2, 0.25) is 0 Å². The average Bonchev–Trinajstić information content (AvgIpc) is 2.80. The fraction of sp³-hybridized carbons (Fsp3) is 0.600. The van der Waals surface area contributed by atoms with Gasteiger partial charge in [0, 0.05) is 24.2 Å². The Labute approximate surface area is 115 Å². The second-order valence-electron chi connectivity index (χ2n) is 5.37. The van der Waals surface area contributed by atoms with Crippen LogP contribution in [-0.4, -0.2) is 24.0 Å². The number of hydrogen-bond acceptors (Lipinski definition) is 2. The van der Waals surface area contributed by atoms with E-state index < -0.39 is 0 Å². The van der Waals surface area contributed by atoms with Crippen molar-refractivity contribution in [1.82, 2.24) is 4.90 Å². The van der Waals surface area contributed by atoms with Crippen molar-refractivity contribution in [3.8, 4) is 0 Å². The Hall–Kier alpha value is -0.570. The summed E-state index contributed by atoms with van der Waals surface area (Å²) in [5.74, 6) is 0.637. The van der Waals surface area contributed by atoms with Gasteiger partial charge in [-0.25, -0.2) is 0 Å². The van der Waals surface area contributed by atoms with Crippen molar-refractivity contribution in [3.05, 3.63) is 34.3 Å². The number of nitrogens with two attached hydrogens (primary N) is 1. The molecule has 2 unspecified atom stereocenters. The third-order valence-corrected chi connectivity index (χ3v) is 4.38. The number of hydrogen-bond donors (Lipinski definition) is 1. The molecule has 1 heterocycles. The number of benzene rings is 1. The molecule has 18 heavy (non-hydrogen) atoms. The molecule has 1 aromatic carbocycles. The Morgan fingerprint density at radius 3 is 2.89 bits per heavy atom. The predicted molar refractivity (Wildman–Crippen MR) is 77.9 cm³/mol. The molecule has 0 aliphatic carbocycles. The molecule has 0 saturated carbocycles. The van der Waals surface area contributed by atoms with E-state index >= 15 is 0 Å². The Morgan fingerprint density at radius 2 is 2.28 bits per heavy atom. The van der Waals surface area contributed by atoms with Crippen molar-refractivity contribution in [1.29, 1.82) is 0 Å². The van der Waals surface area contributed by atoms with Crippen LogP contribution in [0.3, 0.4) is 0 Å². The zero-order valence-corrected chi connectivity index (χ0v) is 12.1. The molecule has 0 amide bonds. The van der Waals surface area contributed by atoms with E-state index in [1.54, 1.807) is 0 Å².